The van der Waals surface area contributed by atoms with E-state index in [1.807, 2.05) is 13.0 Å². The molecule has 2 heteroatoms. The van der Waals surface area contributed by atoms with Gasteiger partial charge in [0.25, 0.3) is 0 Å². The lowest BCUT2D eigenvalue weighted by Crippen LogP contribution is -2.27. The van der Waals surface area contributed by atoms with Crippen LogP contribution in [-0.2, 0) is 9.53 Å². The number of hydrogen-bond acceptors (Lipinski definition) is 2. The second kappa shape index (κ2) is 3.56. The fraction of sp³-hybridized carbons (Fsp3) is 0.667. The first-order valence-corrected chi connectivity index (χ1v) is 4.02. The molecule has 0 aromatic heterocycles. The summed E-state index contributed by atoms with van der Waals surface area (Å²) in [6.07, 6.45) is 4.69. The molecule has 0 bridgehead atoms. The quantitative estimate of drug-likeness (QED) is 0.425. The molecule has 0 aliphatic carbocycles. The average Bonchev–Trinajstić information content (AvgIpc) is 1.95. The van der Waals surface area contributed by atoms with Crippen molar-refractivity contribution in [2.24, 2.45) is 11.8 Å². The van der Waals surface area contributed by atoms with Crippen molar-refractivity contribution in [3.63, 3.8) is 0 Å². The Hall–Kier alpha value is -0.790. The van der Waals surface area contributed by atoms with Crippen LogP contribution in [0.3, 0.4) is 0 Å². The summed E-state index contributed by atoms with van der Waals surface area (Å²) in [6.45, 7) is 4.64. The Balaban J connectivity index is 2.50. The molecule has 0 N–H and O–H groups in total. The van der Waals surface area contributed by atoms with Crippen molar-refractivity contribution < 1.29 is 9.53 Å². The van der Waals surface area contributed by atoms with Gasteiger partial charge in [0.05, 0.1) is 6.61 Å². The minimum atomic E-state index is -0.0572. The molecule has 1 aliphatic rings. The lowest BCUT2D eigenvalue weighted by molar-refractivity contribution is -0.151. The fourth-order valence-electron chi connectivity index (χ4n) is 1.32. The maximum absolute atomic E-state index is 10.8. The summed E-state index contributed by atoms with van der Waals surface area (Å²) in [5.41, 5.74) is 0. The number of allylic oxidation sites excluding steroid dienone is 1. The van der Waals surface area contributed by atoms with E-state index < -0.39 is 0 Å². The molecule has 2 atom stereocenters. The summed E-state index contributed by atoms with van der Waals surface area (Å²) in [6, 6.07) is 0. The third kappa shape index (κ3) is 2.07. The van der Waals surface area contributed by atoms with Gasteiger partial charge >= 0.3 is 5.97 Å². The van der Waals surface area contributed by atoms with Gasteiger partial charge in [0.2, 0.25) is 0 Å². The minimum absolute atomic E-state index is 0.0572. The highest BCUT2D eigenvalue weighted by atomic mass is 16.5. The van der Waals surface area contributed by atoms with Crippen LogP contribution in [-0.4, -0.2) is 12.6 Å². The van der Waals surface area contributed by atoms with Crippen molar-refractivity contribution >= 4 is 5.97 Å². The van der Waals surface area contributed by atoms with Gasteiger partial charge in [-0.25, -0.2) is 0 Å². The second-order valence-corrected chi connectivity index (χ2v) is 3.05. The summed E-state index contributed by atoms with van der Waals surface area (Å²) >= 11 is 0. The lowest BCUT2D eigenvalue weighted by atomic mass is 9.90. The highest BCUT2D eigenvalue weighted by Crippen LogP contribution is 2.22. The molecule has 0 spiro atoms. The van der Waals surface area contributed by atoms with Gasteiger partial charge in [-0.1, -0.05) is 19.1 Å². The molecule has 0 radical (unpaired) electrons. The van der Waals surface area contributed by atoms with Crippen molar-refractivity contribution in [1.29, 1.82) is 0 Å². The van der Waals surface area contributed by atoms with Gasteiger partial charge in [0.1, 0.15) is 0 Å². The third-order valence-electron chi connectivity index (χ3n) is 2.10. The summed E-state index contributed by atoms with van der Waals surface area (Å²) < 4.78 is 4.92. The smallest absolute Gasteiger partial charge is 0.306 e. The predicted octanol–water partition coefficient (Wildman–Crippen LogP) is 1.76. The van der Waals surface area contributed by atoms with E-state index in [2.05, 4.69) is 13.0 Å². The molecular formula is C9H14O2. The van der Waals surface area contributed by atoms with Crippen LogP contribution < -0.4 is 0 Å². The van der Waals surface area contributed by atoms with Gasteiger partial charge in [-0.3, -0.25) is 4.79 Å². The first kappa shape index (κ1) is 8.31. The zero-order valence-corrected chi connectivity index (χ0v) is 7.04. The number of cyclic esters (lactones) is 1. The molecule has 0 aromatic rings. The largest absolute Gasteiger partial charge is 0.465 e. The maximum Gasteiger partial charge on any atom is 0.306 e. The van der Waals surface area contributed by atoms with E-state index in [9.17, 15) is 4.79 Å². The van der Waals surface area contributed by atoms with Gasteiger partial charge in [0, 0.05) is 12.3 Å². The molecule has 0 saturated carbocycles. The van der Waals surface area contributed by atoms with Gasteiger partial charge in [-0.2, -0.15) is 0 Å². The zero-order valence-electron chi connectivity index (χ0n) is 7.04. The Morgan fingerprint density at radius 2 is 2.36 bits per heavy atom. The number of ether oxygens (including phenoxy) is 1. The highest BCUT2D eigenvalue weighted by molar-refractivity contribution is 5.70. The maximum atomic E-state index is 10.8. The van der Waals surface area contributed by atoms with Gasteiger partial charge in [-0.15, -0.1) is 0 Å². The van der Waals surface area contributed by atoms with E-state index in [-0.39, 0.29) is 5.97 Å². The van der Waals surface area contributed by atoms with Gasteiger partial charge in [0.15, 0.2) is 0 Å². The van der Waals surface area contributed by atoms with Crippen molar-refractivity contribution in [3.05, 3.63) is 12.2 Å². The lowest BCUT2D eigenvalue weighted by Gasteiger charge is -2.25. The minimum Gasteiger partial charge on any atom is -0.465 e. The van der Waals surface area contributed by atoms with Crippen molar-refractivity contribution in [2.75, 3.05) is 6.61 Å². The van der Waals surface area contributed by atoms with E-state index in [0.29, 0.717) is 24.9 Å². The molecule has 1 saturated heterocycles. The standard InChI is InChI=1S/C9H14O2/c1-3-4-8-6-11-9(10)5-7(8)2/h3-4,7-8H,5-6H2,1-2H3/b4-3+. The third-order valence-corrected chi connectivity index (χ3v) is 2.10. The molecule has 11 heavy (non-hydrogen) atoms. The molecule has 2 unspecified atom stereocenters. The van der Waals surface area contributed by atoms with Crippen LogP contribution in [0.25, 0.3) is 0 Å². The molecule has 1 rings (SSSR count). The Labute approximate surface area is 67.2 Å². The Morgan fingerprint density at radius 3 is 2.91 bits per heavy atom. The van der Waals surface area contributed by atoms with Crippen LogP contribution in [0, 0.1) is 11.8 Å². The Morgan fingerprint density at radius 1 is 1.64 bits per heavy atom. The SMILES string of the molecule is C/C=C/C1COC(=O)CC1C. The van der Waals surface area contributed by atoms with Crippen LogP contribution in [0.1, 0.15) is 20.3 Å². The van der Waals surface area contributed by atoms with Crippen LogP contribution in [0.15, 0.2) is 12.2 Å². The van der Waals surface area contributed by atoms with Crippen LogP contribution in [0.5, 0.6) is 0 Å². The molecule has 1 fully saturated rings. The van der Waals surface area contributed by atoms with Crippen LogP contribution in [0.4, 0.5) is 0 Å². The fourth-order valence-corrected chi connectivity index (χ4v) is 1.32. The number of rotatable bonds is 1. The topological polar surface area (TPSA) is 26.3 Å². The Bertz CT molecular complexity index is 172. The van der Waals surface area contributed by atoms with E-state index in [4.69, 9.17) is 4.74 Å². The molecule has 0 aromatic carbocycles. The Kier molecular flexibility index (Phi) is 2.69. The second-order valence-electron chi connectivity index (χ2n) is 3.05. The van der Waals surface area contributed by atoms with Crippen molar-refractivity contribution in [2.45, 2.75) is 20.3 Å². The van der Waals surface area contributed by atoms with Gasteiger partial charge < -0.3 is 4.74 Å². The van der Waals surface area contributed by atoms with E-state index in [0.717, 1.165) is 0 Å². The molecule has 62 valence electrons. The summed E-state index contributed by atoms with van der Waals surface area (Å²) in [5, 5.41) is 0. The number of carbonyl (C=O) groups excluding carboxylic acids is 1. The van der Waals surface area contributed by atoms with Gasteiger partial charge in [-0.05, 0) is 12.8 Å². The number of esters is 1. The highest BCUT2D eigenvalue weighted by Gasteiger charge is 2.24. The predicted molar refractivity (Wildman–Crippen MR) is 43.0 cm³/mol. The first-order chi connectivity index (χ1) is 5.24. The average molecular weight is 154 g/mol. The molecular weight excluding hydrogens is 140 g/mol. The normalized spacial score (nSPS) is 32.4. The number of hydrogen-bond donors (Lipinski definition) is 0. The molecule has 1 aliphatic heterocycles. The number of carbonyl (C=O) groups is 1. The van der Waals surface area contributed by atoms with E-state index >= 15 is 0 Å². The summed E-state index contributed by atoms with van der Waals surface area (Å²) in [7, 11) is 0. The van der Waals surface area contributed by atoms with Crippen molar-refractivity contribution in [1.82, 2.24) is 0 Å². The molecule has 0 amide bonds. The summed E-state index contributed by atoms with van der Waals surface area (Å²) in [4.78, 5) is 10.8. The van der Waals surface area contributed by atoms with E-state index in [1.165, 1.54) is 0 Å². The summed E-state index contributed by atoms with van der Waals surface area (Å²) in [5.74, 6) is 0.809. The van der Waals surface area contributed by atoms with Crippen LogP contribution >= 0.6 is 0 Å². The van der Waals surface area contributed by atoms with E-state index in [1.54, 1.807) is 0 Å². The molecule has 2 nitrogen and oxygen atoms in total. The first-order valence-electron chi connectivity index (χ1n) is 4.02. The van der Waals surface area contributed by atoms with Crippen LogP contribution in [0.2, 0.25) is 0 Å². The van der Waals surface area contributed by atoms with Crippen molar-refractivity contribution in [3.8, 4) is 0 Å². The zero-order chi connectivity index (χ0) is 8.27. The molecule has 1 heterocycles. The monoisotopic (exact) mass is 154 g/mol.